The van der Waals surface area contributed by atoms with Crippen molar-refractivity contribution in [2.24, 2.45) is 5.41 Å². The van der Waals surface area contributed by atoms with Gasteiger partial charge in [-0.15, -0.1) is 0 Å². The van der Waals surface area contributed by atoms with Gasteiger partial charge in [0.2, 0.25) is 0 Å². The molecule has 0 aliphatic carbocycles. The lowest BCUT2D eigenvalue weighted by Gasteiger charge is -2.48. The largest absolute Gasteiger partial charge is 0.354 e. The van der Waals surface area contributed by atoms with E-state index in [0.29, 0.717) is 18.1 Å². The first-order valence-corrected chi connectivity index (χ1v) is 8.95. The summed E-state index contributed by atoms with van der Waals surface area (Å²) in [6, 6.07) is 1.85. The van der Waals surface area contributed by atoms with Crippen molar-refractivity contribution in [3.63, 3.8) is 0 Å². The van der Waals surface area contributed by atoms with Crippen LogP contribution in [0.4, 0.5) is 5.82 Å². The number of anilines is 1. The van der Waals surface area contributed by atoms with Gasteiger partial charge in [-0.05, 0) is 28.7 Å². The third-order valence-electron chi connectivity index (χ3n) is 2.88. The Labute approximate surface area is 126 Å². The Balaban J connectivity index is 2.11. The molecule has 0 saturated carbocycles. The zero-order chi connectivity index (χ0) is 13.6. The van der Waals surface area contributed by atoms with E-state index in [0.717, 1.165) is 9.39 Å². The molecule has 100 valence electrons. The molecule has 1 aromatic rings. The Bertz CT molecular complexity index is 570. The van der Waals surface area contributed by atoms with Gasteiger partial charge in [0.05, 0.1) is 10.8 Å². The van der Waals surface area contributed by atoms with Crippen molar-refractivity contribution in [1.82, 2.24) is 4.98 Å². The van der Waals surface area contributed by atoms with E-state index in [1.54, 1.807) is 6.20 Å². The van der Waals surface area contributed by atoms with Gasteiger partial charge >= 0.3 is 0 Å². The van der Waals surface area contributed by atoms with Crippen LogP contribution in [0.1, 0.15) is 6.92 Å². The van der Waals surface area contributed by atoms with Gasteiger partial charge in [0.1, 0.15) is 15.7 Å². The number of pyridine rings is 1. The molecule has 1 aromatic heterocycles. The van der Waals surface area contributed by atoms with E-state index >= 15 is 0 Å². The zero-order valence-electron chi connectivity index (χ0n) is 10.2. The average Bonchev–Trinajstić information content (AvgIpc) is 2.16. The van der Waals surface area contributed by atoms with Crippen LogP contribution in [0.25, 0.3) is 0 Å². The highest BCUT2D eigenvalue weighted by Crippen LogP contribution is 2.38. The van der Waals surface area contributed by atoms with E-state index in [2.05, 4.69) is 27.6 Å². The predicted octanol–water partition coefficient (Wildman–Crippen LogP) is 2.21. The Morgan fingerprint density at radius 1 is 1.56 bits per heavy atom. The lowest BCUT2D eigenvalue weighted by molar-refractivity contribution is 0.277. The summed E-state index contributed by atoms with van der Waals surface area (Å²) >= 11 is 8.36. The second-order valence-electron chi connectivity index (χ2n) is 5.17. The number of rotatable bonds is 3. The molecule has 0 amide bonds. The smallest absolute Gasteiger partial charge is 0.148 e. The van der Waals surface area contributed by atoms with Gasteiger partial charge in [-0.25, -0.2) is 13.4 Å². The fourth-order valence-electron chi connectivity index (χ4n) is 2.38. The lowest BCUT2D eigenvalue weighted by atomic mass is 9.84. The van der Waals surface area contributed by atoms with Gasteiger partial charge in [0, 0.05) is 34.5 Å². The molecule has 7 heteroatoms. The number of hydrogen-bond acceptors (Lipinski definition) is 4. The van der Waals surface area contributed by atoms with Crippen LogP contribution in [0.15, 0.2) is 12.3 Å². The number of halogens is 2. The van der Waals surface area contributed by atoms with Crippen molar-refractivity contribution >= 4 is 49.8 Å². The van der Waals surface area contributed by atoms with Crippen LogP contribution < -0.4 is 4.90 Å². The molecule has 0 unspecified atom stereocenters. The van der Waals surface area contributed by atoms with Gasteiger partial charge < -0.3 is 4.90 Å². The summed E-state index contributed by atoms with van der Waals surface area (Å²) in [4.78, 5) is 6.29. The van der Waals surface area contributed by atoms with Crippen LogP contribution in [-0.2, 0) is 9.84 Å². The molecular weight excluding hydrogens is 387 g/mol. The molecule has 18 heavy (non-hydrogen) atoms. The molecule has 1 aliphatic rings. The van der Waals surface area contributed by atoms with Crippen molar-refractivity contribution in [3.8, 4) is 0 Å². The summed E-state index contributed by atoms with van der Waals surface area (Å²) < 4.78 is 23.6. The Morgan fingerprint density at radius 3 is 2.72 bits per heavy atom. The highest BCUT2D eigenvalue weighted by Gasteiger charge is 2.42. The number of sulfone groups is 1. The molecule has 1 fully saturated rings. The molecule has 0 N–H and O–H groups in total. The van der Waals surface area contributed by atoms with E-state index in [9.17, 15) is 8.42 Å². The molecule has 1 aliphatic heterocycles. The summed E-state index contributed by atoms with van der Waals surface area (Å²) in [5, 5.41) is 0.638. The van der Waals surface area contributed by atoms with Crippen LogP contribution in [0.5, 0.6) is 0 Å². The first-order chi connectivity index (χ1) is 8.20. The molecule has 1 saturated heterocycles. The number of hydrogen-bond donors (Lipinski definition) is 0. The summed E-state index contributed by atoms with van der Waals surface area (Å²) in [5.41, 5.74) is -0.195. The van der Waals surface area contributed by atoms with Crippen LogP contribution in [0, 0.1) is 8.99 Å². The molecule has 4 nitrogen and oxygen atoms in total. The SMILES string of the molecule is CC1(CS(C)(=O)=O)CN(c2nccc(I)c2Cl)C1. The van der Waals surface area contributed by atoms with Gasteiger partial charge in [0.25, 0.3) is 0 Å². The second kappa shape index (κ2) is 4.79. The molecular formula is C11H14ClIN2O2S. The van der Waals surface area contributed by atoms with Crippen molar-refractivity contribution < 1.29 is 8.42 Å². The summed E-state index contributed by atoms with van der Waals surface area (Å²) in [7, 11) is -2.95. The van der Waals surface area contributed by atoms with Crippen LogP contribution >= 0.6 is 34.2 Å². The first-order valence-electron chi connectivity index (χ1n) is 5.43. The van der Waals surface area contributed by atoms with Crippen molar-refractivity contribution in [3.05, 3.63) is 20.9 Å². The zero-order valence-corrected chi connectivity index (χ0v) is 13.9. The highest BCUT2D eigenvalue weighted by atomic mass is 127. The number of aromatic nitrogens is 1. The molecule has 0 bridgehead atoms. The topological polar surface area (TPSA) is 50.3 Å². The maximum atomic E-state index is 11.3. The molecule has 0 aromatic carbocycles. The first kappa shape index (κ1) is 14.3. The standard InChI is InChI=1S/C11H14ClIN2O2S/c1-11(7-18(2,16)17)5-15(6-11)10-9(12)8(13)3-4-14-10/h3-4H,5-7H2,1-2H3. The summed E-state index contributed by atoms with van der Waals surface area (Å²) in [6.45, 7) is 3.33. The quantitative estimate of drug-likeness (QED) is 0.730. The Hall–Kier alpha value is -0.0800. The normalized spacial score (nSPS) is 18.6. The molecule has 2 heterocycles. The number of nitrogens with zero attached hydrogens (tertiary/aromatic N) is 2. The fraction of sp³-hybridized carbons (Fsp3) is 0.545. The van der Waals surface area contributed by atoms with Crippen molar-refractivity contribution in [1.29, 1.82) is 0 Å². The van der Waals surface area contributed by atoms with Crippen LogP contribution in [-0.4, -0.2) is 38.5 Å². The monoisotopic (exact) mass is 400 g/mol. The van der Waals surface area contributed by atoms with E-state index in [-0.39, 0.29) is 11.2 Å². The van der Waals surface area contributed by atoms with Gasteiger partial charge in [-0.1, -0.05) is 18.5 Å². The highest BCUT2D eigenvalue weighted by molar-refractivity contribution is 14.1. The van der Waals surface area contributed by atoms with E-state index in [4.69, 9.17) is 11.6 Å². The Morgan fingerprint density at radius 2 is 2.17 bits per heavy atom. The average molecular weight is 401 g/mol. The second-order valence-corrected chi connectivity index (χ2v) is 8.85. The minimum absolute atomic E-state index is 0.195. The van der Waals surface area contributed by atoms with E-state index in [1.165, 1.54) is 6.26 Å². The van der Waals surface area contributed by atoms with E-state index < -0.39 is 9.84 Å². The van der Waals surface area contributed by atoms with Crippen LogP contribution in [0.2, 0.25) is 5.02 Å². The maximum Gasteiger partial charge on any atom is 0.148 e. The van der Waals surface area contributed by atoms with E-state index in [1.807, 2.05) is 17.9 Å². The lowest BCUT2D eigenvalue weighted by Crippen LogP contribution is -2.58. The Kier molecular flexibility index (Phi) is 3.81. The summed E-state index contributed by atoms with van der Waals surface area (Å²) in [5.74, 6) is 0.951. The summed E-state index contributed by atoms with van der Waals surface area (Å²) in [6.07, 6.45) is 2.99. The third kappa shape index (κ3) is 3.08. The minimum atomic E-state index is -2.95. The van der Waals surface area contributed by atoms with Gasteiger partial charge in [0.15, 0.2) is 0 Å². The predicted molar refractivity (Wildman–Crippen MR) is 82.0 cm³/mol. The van der Waals surface area contributed by atoms with Crippen molar-refractivity contribution in [2.45, 2.75) is 6.92 Å². The third-order valence-corrected chi connectivity index (χ3v) is 5.69. The molecule has 0 radical (unpaired) electrons. The van der Waals surface area contributed by atoms with Gasteiger partial charge in [-0.2, -0.15) is 0 Å². The van der Waals surface area contributed by atoms with Crippen molar-refractivity contribution in [2.75, 3.05) is 30.0 Å². The van der Waals surface area contributed by atoms with Gasteiger partial charge in [-0.3, -0.25) is 0 Å². The maximum absolute atomic E-state index is 11.3. The fourth-order valence-corrected chi connectivity index (χ4v) is 4.46. The molecule has 2 rings (SSSR count). The van der Waals surface area contributed by atoms with Crippen LogP contribution in [0.3, 0.4) is 0 Å². The molecule has 0 atom stereocenters. The minimum Gasteiger partial charge on any atom is -0.354 e. The molecule has 0 spiro atoms.